The molecule has 0 heterocycles. The summed E-state index contributed by atoms with van der Waals surface area (Å²) < 4.78 is 17.2. The topological polar surface area (TPSA) is 44.8 Å². The first-order chi connectivity index (χ1) is 17.2. The molecule has 0 aliphatic rings. The Hall–Kier alpha value is -3.54. The van der Waals surface area contributed by atoms with Gasteiger partial charge in [0.1, 0.15) is 24.7 Å². The summed E-state index contributed by atoms with van der Waals surface area (Å²) in [4.78, 5) is 14.1. The van der Waals surface area contributed by atoms with Crippen LogP contribution in [0.2, 0.25) is 0 Å². The summed E-state index contributed by atoms with van der Waals surface area (Å²) in [5.41, 5.74) is 3.77. The zero-order valence-corrected chi connectivity index (χ0v) is 20.5. The molecule has 0 saturated carbocycles. The van der Waals surface area contributed by atoms with Crippen molar-refractivity contribution in [3.05, 3.63) is 125 Å². The molecule has 0 aliphatic heterocycles. The van der Waals surface area contributed by atoms with Crippen molar-refractivity contribution in [1.82, 2.24) is 0 Å². The van der Waals surface area contributed by atoms with Gasteiger partial charge in [-0.1, -0.05) is 78.9 Å². The van der Waals surface area contributed by atoms with Crippen LogP contribution in [-0.2, 0) is 23.7 Å². The van der Waals surface area contributed by atoms with E-state index in [1.165, 1.54) is 0 Å². The lowest BCUT2D eigenvalue weighted by Crippen LogP contribution is -2.12. The SMILES string of the molecule is COc1ccc(CSc2cccc(C(=O)COCc3ccccc3)c2OCc2ccccc2)cc1. The molecule has 5 heteroatoms. The van der Waals surface area contributed by atoms with E-state index in [4.69, 9.17) is 14.2 Å². The first-order valence-corrected chi connectivity index (χ1v) is 12.4. The van der Waals surface area contributed by atoms with Crippen molar-refractivity contribution < 1.29 is 19.0 Å². The Balaban J connectivity index is 1.49. The lowest BCUT2D eigenvalue weighted by Gasteiger charge is -2.16. The largest absolute Gasteiger partial charge is 0.497 e. The van der Waals surface area contributed by atoms with E-state index in [1.807, 2.05) is 103 Å². The van der Waals surface area contributed by atoms with E-state index in [1.54, 1.807) is 18.9 Å². The number of carbonyl (C=O) groups excluding carboxylic acids is 1. The number of para-hydroxylation sites is 1. The van der Waals surface area contributed by atoms with Gasteiger partial charge in [-0.15, -0.1) is 11.8 Å². The summed E-state index contributed by atoms with van der Waals surface area (Å²) in [6.07, 6.45) is 0. The van der Waals surface area contributed by atoms with Gasteiger partial charge in [-0.25, -0.2) is 0 Å². The standard InChI is InChI=1S/C30H28O4S/c1-32-26-17-15-25(16-18-26)22-35-29-14-8-13-27(30(29)34-20-24-11-6-3-7-12-24)28(31)21-33-19-23-9-4-2-5-10-23/h2-18H,19-22H2,1H3. The molecule has 0 amide bonds. The van der Waals surface area contributed by atoms with E-state index in [9.17, 15) is 4.79 Å². The highest BCUT2D eigenvalue weighted by Crippen LogP contribution is 2.36. The van der Waals surface area contributed by atoms with Crippen molar-refractivity contribution in [2.24, 2.45) is 0 Å². The van der Waals surface area contributed by atoms with E-state index in [2.05, 4.69) is 0 Å². The fraction of sp³-hybridized carbons (Fsp3) is 0.167. The van der Waals surface area contributed by atoms with Gasteiger partial charge in [0.2, 0.25) is 0 Å². The molecule has 0 aromatic heterocycles. The molecule has 0 atom stereocenters. The van der Waals surface area contributed by atoms with Crippen LogP contribution >= 0.6 is 11.8 Å². The Labute approximate surface area is 210 Å². The summed E-state index contributed by atoms with van der Waals surface area (Å²) >= 11 is 1.64. The van der Waals surface area contributed by atoms with Gasteiger partial charge in [0, 0.05) is 5.75 Å². The van der Waals surface area contributed by atoms with E-state index < -0.39 is 0 Å². The molecule has 0 unspecified atom stereocenters. The molecule has 4 nitrogen and oxygen atoms in total. The molecule has 4 aromatic rings. The summed E-state index contributed by atoms with van der Waals surface area (Å²) in [7, 11) is 1.66. The third-order valence-electron chi connectivity index (χ3n) is 5.40. The number of ketones is 1. The predicted octanol–water partition coefficient (Wildman–Crippen LogP) is 6.97. The lowest BCUT2D eigenvalue weighted by atomic mass is 10.1. The molecule has 4 rings (SSSR count). The fourth-order valence-electron chi connectivity index (χ4n) is 3.52. The number of rotatable bonds is 12. The van der Waals surface area contributed by atoms with Gasteiger partial charge < -0.3 is 14.2 Å². The van der Waals surface area contributed by atoms with Crippen LogP contribution in [0.3, 0.4) is 0 Å². The molecule has 0 spiro atoms. The van der Waals surface area contributed by atoms with Crippen molar-refractivity contribution in [2.75, 3.05) is 13.7 Å². The molecule has 4 aromatic carbocycles. The summed E-state index contributed by atoms with van der Waals surface area (Å²) in [5, 5.41) is 0. The van der Waals surface area contributed by atoms with Crippen LogP contribution in [0.1, 0.15) is 27.0 Å². The molecule has 0 N–H and O–H groups in total. The average Bonchev–Trinajstić information content (AvgIpc) is 2.92. The minimum absolute atomic E-state index is 0.0107. The molecule has 178 valence electrons. The first kappa shape index (κ1) is 24.6. The number of benzene rings is 4. The predicted molar refractivity (Wildman–Crippen MR) is 140 cm³/mol. The first-order valence-electron chi connectivity index (χ1n) is 11.4. The van der Waals surface area contributed by atoms with Gasteiger partial charge in [0.25, 0.3) is 0 Å². The monoisotopic (exact) mass is 484 g/mol. The van der Waals surface area contributed by atoms with Gasteiger partial charge in [-0.3, -0.25) is 4.79 Å². The maximum atomic E-state index is 13.1. The Kier molecular flexibility index (Phi) is 8.98. The second-order valence-corrected chi connectivity index (χ2v) is 8.96. The van der Waals surface area contributed by atoms with Gasteiger partial charge in [-0.2, -0.15) is 0 Å². The number of ether oxygens (including phenoxy) is 3. The normalized spacial score (nSPS) is 10.7. The molecule has 0 radical (unpaired) electrons. The maximum absolute atomic E-state index is 13.1. The molecule has 0 fully saturated rings. The molecule has 0 bridgehead atoms. The highest BCUT2D eigenvalue weighted by molar-refractivity contribution is 7.98. The number of hydrogen-bond acceptors (Lipinski definition) is 5. The number of Topliss-reactive ketones (excluding diaryl/α,β-unsaturated/α-hetero) is 1. The lowest BCUT2D eigenvalue weighted by molar-refractivity contribution is 0.0722. The zero-order valence-electron chi connectivity index (χ0n) is 19.7. The molecule has 35 heavy (non-hydrogen) atoms. The average molecular weight is 485 g/mol. The number of carbonyl (C=O) groups is 1. The number of hydrogen-bond donors (Lipinski definition) is 0. The van der Waals surface area contributed by atoms with Crippen LogP contribution in [-0.4, -0.2) is 19.5 Å². The zero-order chi connectivity index (χ0) is 24.3. The minimum atomic E-state index is -0.101. The fourth-order valence-corrected chi connectivity index (χ4v) is 4.51. The van der Waals surface area contributed by atoms with Crippen LogP contribution in [0.25, 0.3) is 0 Å². The second kappa shape index (κ2) is 12.8. The number of thioether (sulfide) groups is 1. The Morgan fingerprint density at radius 3 is 2.03 bits per heavy atom. The van der Waals surface area contributed by atoms with Crippen molar-refractivity contribution in [2.45, 2.75) is 23.9 Å². The Bertz CT molecular complexity index is 1210. The van der Waals surface area contributed by atoms with E-state index in [0.29, 0.717) is 24.5 Å². The van der Waals surface area contributed by atoms with Gasteiger partial charge >= 0.3 is 0 Å². The van der Waals surface area contributed by atoms with Crippen LogP contribution < -0.4 is 9.47 Å². The van der Waals surface area contributed by atoms with Crippen molar-refractivity contribution in [3.63, 3.8) is 0 Å². The van der Waals surface area contributed by atoms with E-state index in [0.717, 1.165) is 33.1 Å². The maximum Gasteiger partial charge on any atom is 0.192 e. The third-order valence-corrected chi connectivity index (χ3v) is 6.51. The highest BCUT2D eigenvalue weighted by atomic mass is 32.2. The molecule has 0 saturated heterocycles. The summed E-state index contributed by atoms with van der Waals surface area (Å²) in [6.45, 7) is 0.758. The van der Waals surface area contributed by atoms with Gasteiger partial charge in [0.05, 0.1) is 24.2 Å². The van der Waals surface area contributed by atoms with Gasteiger partial charge in [-0.05, 0) is 41.0 Å². The minimum Gasteiger partial charge on any atom is -0.497 e. The third kappa shape index (κ3) is 7.22. The van der Waals surface area contributed by atoms with Gasteiger partial charge in [0.15, 0.2) is 5.78 Å². The van der Waals surface area contributed by atoms with Crippen molar-refractivity contribution in [1.29, 1.82) is 0 Å². The smallest absolute Gasteiger partial charge is 0.192 e. The molecular weight excluding hydrogens is 456 g/mol. The van der Waals surface area contributed by atoms with Crippen LogP contribution in [0.15, 0.2) is 108 Å². The molecule has 0 aliphatic carbocycles. The number of methoxy groups -OCH3 is 1. The second-order valence-electron chi connectivity index (χ2n) is 7.95. The Morgan fingerprint density at radius 1 is 0.714 bits per heavy atom. The summed E-state index contributed by atoms with van der Waals surface area (Å²) in [5.74, 6) is 2.07. The van der Waals surface area contributed by atoms with E-state index >= 15 is 0 Å². The van der Waals surface area contributed by atoms with Crippen LogP contribution in [0, 0.1) is 0 Å². The Morgan fingerprint density at radius 2 is 1.37 bits per heavy atom. The van der Waals surface area contributed by atoms with Crippen LogP contribution in [0.4, 0.5) is 0 Å². The van der Waals surface area contributed by atoms with Crippen molar-refractivity contribution in [3.8, 4) is 11.5 Å². The summed E-state index contributed by atoms with van der Waals surface area (Å²) in [6, 6.07) is 33.5. The van der Waals surface area contributed by atoms with Crippen molar-refractivity contribution >= 4 is 17.5 Å². The van der Waals surface area contributed by atoms with E-state index in [-0.39, 0.29) is 12.4 Å². The quantitative estimate of drug-likeness (QED) is 0.161. The molecular formula is C30H28O4S. The van der Waals surface area contributed by atoms with Crippen LogP contribution in [0.5, 0.6) is 11.5 Å². The highest BCUT2D eigenvalue weighted by Gasteiger charge is 2.17.